The van der Waals surface area contributed by atoms with Crippen LogP contribution in [-0.2, 0) is 11.3 Å². The lowest BCUT2D eigenvalue weighted by atomic mass is 9.98. The average Bonchev–Trinajstić information content (AvgIpc) is 2.77. The molecule has 0 aliphatic carbocycles. The lowest BCUT2D eigenvalue weighted by Crippen LogP contribution is -2.43. The maximum atomic E-state index is 12.7. The number of methoxy groups -OCH3 is 1. The minimum Gasteiger partial charge on any atom is -0.496 e. The molecule has 0 radical (unpaired) electrons. The molecular weight excluding hydrogens is 348 g/mol. The van der Waals surface area contributed by atoms with Crippen LogP contribution in [-0.4, -0.2) is 19.1 Å². The molecule has 0 aromatic heterocycles. The van der Waals surface area contributed by atoms with E-state index in [-0.39, 0.29) is 18.0 Å². The largest absolute Gasteiger partial charge is 0.496 e. The highest BCUT2D eigenvalue weighted by atomic mass is 16.5. The molecule has 28 heavy (non-hydrogen) atoms. The van der Waals surface area contributed by atoms with E-state index >= 15 is 0 Å². The zero-order chi connectivity index (χ0) is 19.8. The highest BCUT2D eigenvalue weighted by Crippen LogP contribution is 2.22. The molecule has 0 saturated heterocycles. The fourth-order valence-electron chi connectivity index (χ4n) is 3.19. The molecule has 3 rings (SSSR count). The van der Waals surface area contributed by atoms with Gasteiger partial charge in [-0.1, -0.05) is 78.9 Å². The third-order valence-electron chi connectivity index (χ3n) is 4.72. The van der Waals surface area contributed by atoms with Crippen molar-refractivity contribution in [3.63, 3.8) is 0 Å². The van der Waals surface area contributed by atoms with Gasteiger partial charge < -0.3 is 10.1 Å². The summed E-state index contributed by atoms with van der Waals surface area (Å²) in [6.07, 6.45) is 0. The van der Waals surface area contributed by atoms with E-state index in [1.54, 1.807) is 7.11 Å². The molecule has 0 spiro atoms. The minimum absolute atomic E-state index is 0.0530. The van der Waals surface area contributed by atoms with Crippen molar-refractivity contribution in [1.29, 1.82) is 0 Å². The van der Waals surface area contributed by atoms with Crippen LogP contribution in [0.25, 0.3) is 0 Å². The van der Waals surface area contributed by atoms with E-state index in [2.05, 4.69) is 34.9 Å². The van der Waals surface area contributed by atoms with Crippen molar-refractivity contribution in [1.82, 2.24) is 10.6 Å². The lowest BCUT2D eigenvalue weighted by molar-refractivity contribution is -0.123. The van der Waals surface area contributed by atoms with Gasteiger partial charge in [-0.05, 0) is 24.1 Å². The number of carbonyl (C=O) groups excluding carboxylic acids is 1. The van der Waals surface area contributed by atoms with Crippen LogP contribution in [0.2, 0.25) is 0 Å². The van der Waals surface area contributed by atoms with Crippen molar-refractivity contribution in [2.75, 3.05) is 7.11 Å². The van der Waals surface area contributed by atoms with Crippen LogP contribution in [0.3, 0.4) is 0 Å². The monoisotopic (exact) mass is 374 g/mol. The molecule has 0 saturated carbocycles. The lowest BCUT2D eigenvalue weighted by Gasteiger charge is -2.24. The second-order valence-electron chi connectivity index (χ2n) is 6.67. The molecule has 0 aliphatic heterocycles. The first-order valence-corrected chi connectivity index (χ1v) is 9.44. The molecule has 2 N–H and O–H groups in total. The molecule has 4 heteroatoms. The standard InChI is InChI=1S/C24H26N2O2/c1-18(24(27)25-17-21-15-9-10-16-22(21)28-2)26-23(19-11-5-3-6-12-19)20-13-7-4-8-14-20/h3-16,18,23,26H,17H2,1-2H3,(H,25,27). The first kappa shape index (κ1) is 19.6. The van der Waals surface area contributed by atoms with Crippen LogP contribution in [0.15, 0.2) is 84.9 Å². The second kappa shape index (κ2) is 9.72. The molecule has 0 bridgehead atoms. The molecule has 1 atom stereocenters. The first-order chi connectivity index (χ1) is 13.7. The normalized spacial score (nSPS) is 11.8. The third-order valence-corrected chi connectivity index (χ3v) is 4.72. The Morgan fingerprint density at radius 2 is 1.39 bits per heavy atom. The predicted molar refractivity (Wildman–Crippen MR) is 112 cm³/mol. The molecule has 4 nitrogen and oxygen atoms in total. The minimum atomic E-state index is -0.361. The Morgan fingerprint density at radius 1 is 0.857 bits per heavy atom. The summed E-state index contributed by atoms with van der Waals surface area (Å²) in [6.45, 7) is 2.31. The zero-order valence-electron chi connectivity index (χ0n) is 16.3. The predicted octanol–water partition coefficient (Wildman–Crippen LogP) is 4.08. The Bertz CT molecular complexity index is 842. The SMILES string of the molecule is COc1ccccc1CNC(=O)C(C)NC(c1ccccc1)c1ccccc1. The molecule has 3 aromatic carbocycles. The number of carbonyl (C=O) groups is 1. The summed E-state index contributed by atoms with van der Waals surface area (Å²) in [5.74, 6) is 0.720. The number of hydrogen-bond acceptors (Lipinski definition) is 3. The number of rotatable bonds is 8. The number of para-hydroxylation sites is 1. The molecule has 0 heterocycles. The molecule has 0 aliphatic rings. The molecule has 1 unspecified atom stereocenters. The van der Waals surface area contributed by atoms with Crippen LogP contribution in [0, 0.1) is 0 Å². The van der Waals surface area contributed by atoms with E-state index in [0.717, 1.165) is 22.4 Å². The fourth-order valence-corrected chi connectivity index (χ4v) is 3.19. The summed E-state index contributed by atoms with van der Waals surface area (Å²) in [5.41, 5.74) is 3.20. The van der Waals surface area contributed by atoms with E-state index in [1.807, 2.05) is 67.6 Å². The van der Waals surface area contributed by atoms with Crippen LogP contribution >= 0.6 is 0 Å². The number of hydrogen-bond donors (Lipinski definition) is 2. The highest BCUT2D eigenvalue weighted by Gasteiger charge is 2.20. The summed E-state index contributed by atoms with van der Waals surface area (Å²) in [5, 5.41) is 6.47. The van der Waals surface area contributed by atoms with Gasteiger partial charge in [-0.2, -0.15) is 0 Å². The van der Waals surface area contributed by atoms with Crippen molar-refractivity contribution in [2.45, 2.75) is 25.6 Å². The van der Waals surface area contributed by atoms with Gasteiger partial charge in [0, 0.05) is 12.1 Å². The Labute approximate surface area is 166 Å². The summed E-state index contributed by atoms with van der Waals surface area (Å²) >= 11 is 0. The number of amides is 1. The van der Waals surface area contributed by atoms with E-state index < -0.39 is 0 Å². The Hall–Kier alpha value is -3.11. The van der Waals surface area contributed by atoms with E-state index in [9.17, 15) is 4.79 Å². The highest BCUT2D eigenvalue weighted by molar-refractivity contribution is 5.81. The maximum absolute atomic E-state index is 12.7. The summed E-state index contributed by atoms with van der Waals surface area (Å²) in [7, 11) is 1.63. The van der Waals surface area contributed by atoms with Crippen LogP contribution in [0.1, 0.15) is 29.7 Å². The number of ether oxygens (including phenoxy) is 1. The van der Waals surface area contributed by atoms with Gasteiger partial charge in [0.1, 0.15) is 5.75 Å². The van der Waals surface area contributed by atoms with Gasteiger partial charge >= 0.3 is 0 Å². The molecule has 144 valence electrons. The van der Waals surface area contributed by atoms with Crippen molar-refractivity contribution in [2.24, 2.45) is 0 Å². The number of nitrogens with one attached hydrogen (secondary N) is 2. The topological polar surface area (TPSA) is 50.4 Å². The Balaban J connectivity index is 1.69. The summed E-state index contributed by atoms with van der Waals surface area (Å²) in [6, 6.07) is 27.6. The Kier molecular flexibility index (Phi) is 6.82. The summed E-state index contributed by atoms with van der Waals surface area (Å²) in [4.78, 5) is 12.7. The van der Waals surface area contributed by atoms with Crippen LogP contribution in [0.4, 0.5) is 0 Å². The molecule has 3 aromatic rings. The van der Waals surface area contributed by atoms with E-state index in [0.29, 0.717) is 6.54 Å². The van der Waals surface area contributed by atoms with Crippen LogP contribution in [0.5, 0.6) is 5.75 Å². The van der Waals surface area contributed by atoms with E-state index in [4.69, 9.17) is 4.74 Å². The van der Waals surface area contributed by atoms with Crippen molar-refractivity contribution in [3.05, 3.63) is 102 Å². The smallest absolute Gasteiger partial charge is 0.237 e. The van der Waals surface area contributed by atoms with Gasteiger partial charge in [-0.15, -0.1) is 0 Å². The first-order valence-electron chi connectivity index (χ1n) is 9.44. The second-order valence-corrected chi connectivity index (χ2v) is 6.67. The quantitative estimate of drug-likeness (QED) is 0.625. The van der Waals surface area contributed by atoms with Gasteiger partial charge in [-0.25, -0.2) is 0 Å². The van der Waals surface area contributed by atoms with Crippen molar-refractivity contribution >= 4 is 5.91 Å². The molecular formula is C24H26N2O2. The van der Waals surface area contributed by atoms with Gasteiger partial charge in [0.2, 0.25) is 5.91 Å². The van der Waals surface area contributed by atoms with Crippen LogP contribution < -0.4 is 15.4 Å². The van der Waals surface area contributed by atoms with Crippen molar-refractivity contribution < 1.29 is 9.53 Å². The summed E-state index contributed by atoms with van der Waals surface area (Å²) < 4.78 is 5.35. The van der Waals surface area contributed by atoms with E-state index in [1.165, 1.54) is 0 Å². The van der Waals surface area contributed by atoms with Gasteiger partial charge in [0.25, 0.3) is 0 Å². The van der Waals surface area contributed by atoms with Gasteiger partial charge in [-0.3, -0.25) is 10.1 Å². The number of benzene rings is 3. The molecule has 0 fully saturated rings. The van der Waals surface area contributed by atoms with Gasteiger partial charge in [0.15, 0.2) is 0 Å². The third kappa shape index (κ3) is 4.99. The fraction of sp³-hybridized carbons (Fsp3) is 0.208. The van der Waals surface area contributed by atoms with Gasteiger partial charge in [0.05, 0.1) is 19.2 Å². The average molecular weight is 374 g/mol. The molecule has 1 amide bonds. The Morgan fingerprint density at radius 3 is 1.96 bits per heavy atom. The maximum Gasteiger partial charge on any atom is 0.237 e. The zero-order valence-corrected chi connectivity index (χ0v) is 16.3. The van der Waals surface area contributed by atoms with Crippen molar-refractivity contribution in [3.8, 4) is 5.75 Å².